The van der Waals surface area contributed by atoms with Crippen molar-refractivity contribution in [2.75, 3.05) is 16.8 Å². The quantitative estimate of drug-likeness (QED) is 0.843. The molecular formula is C18H18N2O3S. The summed E-state index contributed by atoms with van der Waals surface area (Å²) in [6.07, 6.45) is 2.73. The van der Waals surface area contributed by atoms with Gasteiger partial charge in [-0.25, -0.2) is 4.98 Å². The Morgan fingerprint density at radius 2 is 2.12 bits per heavy atom. The van der Waals surface area contributed by atoms with Gasteiger partial charge in [0.2, 0.25) is 5.88 Å². The van der Waals surface area contributed by atoms with E-state index in [0.717, 1.165) is 17.9 Å². The Kier molecular flexibility index (Phi) is 5.15. The normalized spacial score (nSPS) is 16.6. The molecule has 1 atom stereocenters. The van der Waals surface area contributed by atoms with Crippen molar-refractivity contribution in [3.63, 3.8) is 0 Å². The van der Waals surface area contributed by atoms with Gasteiger partial charge in [-0.3, -0.25) is 9.59 Å². The van der Waals surface area contributed by atoms with Gasteiger partial charge in [0.25, 0.3) is 5.91 Å². The van der Waals surface area contributed by atoms with E-state index in [1.807, 2.05) is 11.8 Å². The number of hydrogen-bond donors (Lipinski definition) is 1. The van der Waals surface area contributed by atoms with Crippen LogP contribution in [0, 0.1) is 0 Å². The molecule has 1 aliphatic heterocycles. The highest BCUT2D eigenvalue weighted by Crippen LogP contribution is 2.22. The van der Waals surface area contributed by atoms with Gasteiger partial charge in [0, 0.05) is 34.8 Å². The van der Waals surface area contributed by atoms with Crippen molar-refractivity contribution in [3.8, 4) is 5.88 Å². The van der Waals surface area contributed by atoms with Crippen LogP contribution in [0.1, 0.15) is 34.1 Å². The standard InChI is InChI=1S/C18H18N2O3S/c1-12(21)13-3-2-4-15(9-13)20-18(22)14-5-7-19-17(10-14)23-16-6-8-24-11-16/h2-5,7,9-10,16H,6,8,11H2,1H3,(H,20,22). The summed E-state index contributed by atoms with van der Waals surface area (Å²) in [6, 6.07) is 10.2. The SMILES string of the molecule is CC(=O)c1cccc(NC(=O)c2ccnc(OC3CCSC3)c2)c1. The van der Waals surface area contributed by atoms with Crippen LogP contribution >= 0.6 is 11.8 Å². The van der Waals surface area contributed by atoms with Crippen molar-refractivity contribution in [1.29, 1.82) is 0 Å². The average Bonchev–Trinajstić information content (AvgIpc) is 3.08. The number of Topliss-reactive ketones (excluding diaryl/α,β-unsaturated/α-hetero) is 1. The molecule has 1 amide bonds. The number of pyridine rings is 1. The fraction of sp³-hybridized carbons (Fsp3) is 0.278. The number of hydrogen-bond acceptors (Lipinski definition) is 5. The monoisotopic (exact) mass is 342 g/mol. The summed E-state index contributed by atoms with van der Waals surface area (Å²) < 4.78 is 5.81. The molecule has 1 fully saturated rings. The zero-order chi connectivity index (χ0) is 16.9. The van der Waals surface area contributed by atoms with Crippen molar-refractivity contribution >= 4 is 29.1 Å². The van der Waals surface area contributed by atoms with E-state index in [2.05, 4.69) is 10.3 Å². The summed E-state index contributed by atoms with van der Waals surface area (Å²) in [4.78, 5) is 28.0. The van der Waals surface area contributed by atoms with Gasteiger partial charge in [0.1, 0.15) is 6.10 Å². The first kappa shape index (κ1) is 16.5. The molecule has 0 bridgehead atoms. The molecule has 2 aromatic rings. The van der Waals surface area contributed by atoms with E-state index in [9.17, 15) is 9.59 Å². The van der Waals surface area contributed by atoms with Crippen LogP contribution in [0.25, 0.3) is 0 Å². The van der Waals surface area contributed by atoms with Gasteiger partial charge in [-0.05, 0) is 37.3 Å². The lowest BCUT2D eigenvalue weighted by Gasteiger charge is -2.12. The number of rotatable bonds is 5. The summed E-state index contributed by atoms with van der Waals surface area (Å²) in [5.41, 5.74) is 1.61. The lowest BCUT2D eigenvalue weighted by Crippen LogP contribution is -2.17. The summed E-state index contributed by atoms with van der Waals surface area (Å²) in [7, 11) is 0. The lowest BCUT2D eigenvalue weighted by molar-refractivity contribution is 0.101. The highest BCUT2D eigenvalue weighted by molar-refractivity contribution is 7.99. The van der Waals surface area contributed by atoms with Crippen LogP contribution in [-0.2, 0) is 0 Å². The third-order valence-corrected chi connectivity index (χ3v) is 4.83. The van der Waals surface area contributed by atoms with Crippen molar-refractivity contribution < 1.29 is 14.3 Å². The minimum Gasteiger partial charge on any atom is -0.473 e. The third kappa shape index (κ3) is 4.14. The number of aromatic nitrogens is 1. The zero-order valence-electron chi connectivity index (χ0n) is 13.3. The molecule has 2 heterocycles. The molecule has 0 radical (unpaired) electrons. The van der Waals surface area contributed by atoms with Gasteiger partial charge in [0.15, 0.2) is 5.78 Å². The Hall–Kier alpha value is -2.34. The topological polar surface area (TPSA) is 68.3 Å². The van der Waals surface area contributed by atoms with Crippen LogP contribution in [0.4, 0.5) is 5.69 Å². The van der Waals surface area contributed by atoms with E-state index in [1.54, 1.807) is 42.6 Å². The smallest absolute Gasteiger partial charge is 0.255 e. The molecule has 0 aliphatic carbocycles. The molecule has 1 unspecified atom stereocenters. The van der Waals surface area contributed by atoms with Crippen LogP contribution in [0.5, 0.6) is 5.88 Å². The summed E-state index contributed by atoms with van der Waals surface area (Å²) in [5, 5.41) is 2.80. The fourth-order valence-corrected chi connectivity index (χ4v) is 3.50. The minimum atomic E-state index is -0.260. The summed E-state index contributed by atoms with van der Waals surface area (Å²) >= 11 is 1.86. The van der Waals surface area contributed by atoms with Crippen LogP contribution in [0.3, 0.4) is 0 Å². The average molecular weight is 342 g/mol. The Morgan fingerprint density at radius 1 is 1.25 bits per heavy atom. The molecule has 1 N–H and O–H groups in total. The first-order valence-electron chi connectivity index (χ1n) is 7.74. The number of anilines is 1. The van der Waals surface area contributed by atoms with Gasteiger partial charge in [-0.2, -0.15) is 11.8 Å². The van der Waals surface area contributed by atoms with Crippen LogP contribution in [0.2, 0.25) is 0 Å². The molecule has 1 aliphatic rings. The zero-order valence-corrected chi connectivity index (χ0v) is 14.1. The molecule has 5 nitrogen and oxygen atoms in total. The maximum Gasteiger partial charge on any atom is 0.255 e. The highest BCUT2D eigenvalue weighted by Gasteiger charge is 2.18. The number of ketones is 1. The molecule has 0 spiro atoms. The number of carbonyl (C=O) groups excluding carboxylic acids is 2. The molecular weight excluding hydrogens is 324 g/mol. The van der Waals surface area contributed by atoms with E-state index >= 15 is 0 Å². The number of nitrogens with zero attached hydrogens (tertiary/aromatic N) is 1. The first-order valence-corrected chi connectivity index (χ1v) is 8.90. The van der Waals surface area contributed by atoms with Gasteiger partial charge in [-0.15, -0.1) is 0 Å². The Labute approximate surface area is 144 Å². The number of thioether (sulfide) groups is 1. The maximum atomic E-state index is 12.4. The largest absolute Gasteiger partial charge is 0.473 e. The predicted octanol–water partition coefficient (Wildman–Crippen LogP) is 3.42. The Morgan fingerprint density at radius 3 is 2.88 bits per heavy atom. The van der Waals surface area contributed by atoms with Crippen molar-refractivity contribution in [1.82, 2.24) is 4.98 Å². The molecule has 124 valence electrons. The molecule has 0 saturated carbocycles. The number of benzene rings is 1. The van der Waals surface area contributed by atoms with Gasteiger partial charge >= 0.3 is 0 Å². The summed E-state index contributed by atoms with van der Waals surface area (Å²) in [5.74, 6) is 2.21. The third-order valence-electron chi connectivity index (χ3n) is 3.70. The number of nitrogens with one attached hydrogen (secondary N) is 1. The van der Waals surface area contributed by atoms with E-state index < -0.39 is 0 Å². The molecule has 1 saturated heterocycles. The second-order valence-corrected chi connectivity index (χ2v) is 6.73. The van der Waals surface area contributed by atoms with E-state index in [0.29, 0.717) is 22.7 Å². The molecule has 1 aromatic heterocycles. The van der Waals surface area contributed by atoms with Crippen molar-refractivity contribution in [2.45, 2.75) is 19.4 Å². The van der Waals surface area contributed by atoms with E-state index in [-0.39, 0.29) is 17.8 Å². The Balaban J connectivity index is 1.70. The lowest BCUT2D eigenvalue weighted by atomic mass is 10.1. The van der Waals surface area contributed by atoms with Gasteiger partial charge in [-0.1, -0.05) is 12.1 Å². The molecule has 1 aromatic carbocycles. The Bertz CT molecular complexity index is 757. The second-order valence-electron chi connectivity index (χ2n) is 5.58. The maximum absolute atomic E-state index is 12.4. The van der Waals surface area contributed by atoms with Crippen LogP contribution < -0.4 is 10.1 Å². The van der Waals surface area contributed by atoms with Crippen LogP contribution in [-0.4, -0.2) is 34.3 Å². The van der Waals surface area contributed by atoms with E-state index in [4.69, 9.17) is 4.74 Å². The highest BCUT2D eigenvalue weighted by atomic mass is 32.2. The van der Waals surface area contributed by atoms with Crippen molar-refractivity contribution in [3.05, 3.63) is 53.7 Å². The number of amides is 1. The molecule has 24 heavy (non-hydrogen) atoms. The predicted molar refractivity (Wildman–Crippen MR) is 95.0 cm³/mol. The summed E-state index contributed by atoms with van der Waals surface area (Å²) in [6.45, 7) is 1.49. The number of carbonyl (C=O) groups is 2. The first-order chi connectivity index (χ1) is 11.6. The second kappa shape index (κ2) is 7.49. The molecule has 3 rings (SSSR count). The number of ether oxygens (including phenoxy) is 1. The van der Waals surface area contributed by atoms with E-state index in [1.165, 1.54) is 6.92 Å². The minimum absolute atomic E-state index is 0.0415. The van der Waals surface area contributed by atoms with Crippen LogP contribution in [0.15, 0.2) is 42.6 Å². The van der Waals surface area contributed by atoms with Crippen molar-refractivity contribution in [2.24, 2.45) is 0 Å². The van der Waals surface area contributed by atoms with Gasteiger partial charge < -0.3 is 10.1 Å². The van der Waals surface area contributed by atoms with Gasteiger partial charge in [0.05, 0.1) is 0 Å². The molecule has 6 heteroatoms. The fourth-order valence-electron chi connectivity index (χ4n) is 2.41.